The van der Waals surface area contributed by atoms with Crippen molar-refractivity contribution in [2.45, 2.75) is 65.5 Å². The number of nitrogens with zero attached hydrogens (tertiary/aromatic N) is 1. The second-order valence-corrected chi connectivity index (χ2v) is 8.12. The number of nitrogens with one attached hydrogen (secondary N) is 1. The Balaban J connectivity index is 1.92. The molecule has 1 aliphatic carbocycles. The van der Waals surface area contributed by atoms with Crippen molar-refractivity contribution in [3.63, 3.8) is 0 Å². The molecule has 1 aromatic heterocycles. The van der Waals surface area contributed by atoms with Crippen molar-refractivity contribution in [3.05, 3.63) is 57.4 Å². The molecule has 0 bridgehead atoms. The Hall–Kier alpha value is -2.27. The number of rotatable bonds is 6. The van der Waals surface area contributed by atoms with Crippen LogP contribution in [0.4, 0.5) is 0 Å². The summed E-state index contributed by atoms with van der Waals surface area (Å²) in [6, 6.07) is 7.26. The van der Waals surface area contributed by atoms with Crippen molar-refractivity contribution in [2.24, 2.45) is 0 Å². The largest absolute Gasteiger partial charge is 0.461 e. The molecule has 0 spiro atoms. The second kappa shape index (κ2) is 9.49. The number of esters is 1. The maximum absolute atomic E-state index is 13.4. The average molecular weight is 417 g/mol. The van der Waals surface area contributed by atoms with Crippen LogP contribution >= 0.6 is 11.6 Å². The van der Waals surface area contributed by atoms with Crippen LogP contribution in [0.2, 0.25) is 5.02 Å². The normalized spacial score (nSPS) is 14.6. The lowest BCUT2D eigenvalue weighted by Gasteiger charge is -2.35. The molecule has 1 heterocycles. The van der Waals surface area contributed by atoms with E-state index in [0.29, 0.717) is 29.4 Å². The topological polar surface area (TPSA) is 62.4 Å². The first-order valence-electron chi connectivity index (χ1n) is 10.3. The van der Waals surface area contributed by atoms with E-state index >= 15 is 0 Å². The summed E-state index contributed by atoms with van der Waals surface area (Å²) in [5.41, 5.74) is 3.85. The zero-order chi connectivity index (χ0) is 21.0. The van der Waals surface area contributed by atoms with Crippen LogP contribution < -0.4 is 0 Å². The zero-order valence-corrected chi connectivity index (χ0v) is 18.1. The van der Waals surface area contributed by atoms with Gasteiger partial charge in [-0.3, -0.25) is 4.79 Å². The fourth-order valence-corrected chi connectivity index (χ4v) is 4.25. The van der Waals surface area contributed by atoms with E-state index in [-0.39, 0.29) is 17.9 Å². The lowest BCUT2D eigenvalue weighted by molar-refractivity contribution is 0.0519. The van der Waals surface area contributed by atoms with Gasteiger partial charge >= 0.3 is 5.97 Å². The zero-order valence-electron chi connectivity index (χ0n) is 17.4. The minimum atomic E-state index is -0.354. The van der Waals surface area contributed by atoms with E-state index in [2.05, 4.69) is 4.98 Å². The Bertz CT molecular complexity index is 867. The fraction of sp³-hybridized carbons (Fsp3) is 0.478. The molecule has 1 N–H and O–H groups in total. The Morgan fingerprint density at radius 2 is 1.79 bits per heavy atom. The van der Waals surface area contributed by atoms with Crippen LogP contribution in [0.1, 0.15) is 76.7 Å². The number of H-pyrrole nitrogens is 1. The summed E-state index contributed by atoms with van der Waals surface area (Å²) in [6.45, 7) is 6.45. The molecule has 1 aromatic carbocycles. The number of halogens is 1. The first-order chi connectivity index (χ1) is 13.9. The van der Waals surface area contributed by atoms with E-state index in [4.69, 9.17) is 16.3 Å². The van der Waals surface area contributed by atoms with Gasteiger partial charge in [0, 0.05) is 28.9 Å². The molecule has 29 heavy (non-hydrogen) atoms. The molecule has 1 fully saturated rings. The van der Waals surface area contributed by atoms with Crippen LogP contribution in [0.5, 0.6) is 0 Å². The van der Waals surface area contributed by atoms with Gasteiger partial charge in [0.15, 0.2) is 0 Å². The number of carbonyl (C=O) groups is 2. The summed E-state index contributed by atoms with van der Waals surface area (Å²) in [5, 5.41) is 0.613. The standard InChI is InChI=1S/C23H29ClN2O3/c1-4-29-23(28)21-15(2)20(16(3)25-21)14-26(19-8-6-5-7-9-19)22(27)17-10-12-18(24)13-11-17/h10-13,19,25H,4-9,14H2,1-3H3. The van der Waals surface area contributed by atoms with Crippen LogP contribution in [0.25, 0.3) is 0 Å². The number of aromatic nitrogens is 1. The number of hydrogen-bond acceptors (Lipinski definition) is 3. The van der Waals surface area contributed by atoms with E-state index < -0.39 is 0 Å². The monoisotopic (exact) mass is 416 g/mol. The summed E-state index contributed by atoms with van der Waals surface area (Å²) < 4.78 is 5.16. The molecule has 0 radical (unpaired) electrons. The van der Waals surface area contributed by atoms with Crippen molar-refractivity contribution in [3.8, 4) is 0 Å². The SMILES string of the molecule is CCOC(=O)c1[nH]c(C)c(CN(C(=O)c2ccc(Cl)cc2)C2CCCCC2)c1C. The highest BCUT2D eigenvalue weighted by molar-refractivity contribution is 6.30. The van der Waals surface area contributed by atoms with Gasteiger partial charge in [-0.25, -0.2) is 4.79 Å². The van der Waals surface area contributed by atoms with E-state index in [1.807, 2.05) is 18.7 Å². The van der Waals surface area contributed by atoms with E-state index in [9.17, 15) is 9.59 Å². The highest BCUT2D eigenvalue weighted by Crippen LogP contribution is 2.28. The minimum absolute atomic E-state index is 0.00579. The van der Waals surface area contributed by atoms with Crippen molar-refractivity contribution in [2.75, 3.05) is 6.61 Å². The molecule has 0 unspecified atom stereocenters. The van der Waals surface area contributed by atoms with Crippen LogP contribution in [-0.4, -0.2) is 34.4 Å². The molecule has 0 aliphatic heterocycles. The van der Waals surface area contributed by atoms with Crippen molar-refractivity contribution in [1.82, 2.24) is 9.88 Å². The third-order valence-corrected chi connectivity index (χ3v) is 6.02. The van der Waals surface area contributed by atoms with Gasteiger partial charge in [0.05, 0.1) is 6.61 Å². The minimum Gasteiger partial charge on any atom is -0.461 e. The molecule has 156 valence electrons. The predicted molar refractivity (Wildman–Crippen MR) is 114 cm³/mol. The van der Waals surface area contributed by atoms with Gasteiger partial charge in [0.25, 0.3) is 5.91 Å². The van der Waals surface area contributed by atoms with Crippen LogP contribution in [-0.2, 0) is 11.3 Å². The number of hydrogen-bond donors (Lipinski definition) is 1. The average Bonchev–Trinajstić information content (AvgIpc) is 3.01. The van der Waals surface area contributed by atoms with Crippen LogP contribution in [0.3, 0.4) is 0 Å². The lowest BCUT2D eigenvalue weighted by Crippen LogP contribution is -2.41. The van der Waals surface area contributed by atoms with E-state index in [0.717, 1.165) is 42.5 Å². The van der Waals surface area contributed by atoms with Gasteiger partial charge < -0.3 is 14.6 Å². The molecule has 6 heteroatoms. The van der Waals surface area contributed by atoms with Crippen LogP contribution in [0, 0.1) is 13.8 Å². The number of carbonyl (C=O) groups excluding carboxylic acids is 2. The highest BCUT2D eigenvalue weighted by atomic mass is 35.5. The molecule has 1 saturated carbocycles. The molecule has 3 rings (SSSR count). The van der Waals surface area contributed by atoms with Gasteiger partial charge in [0.2, 0.25) is 0 Å². The van der Waals surface area contributed by atoms with Crippen molar-refractivity contribution < 1.29 is 14.3 Å². The first kappa shape index (κ1) is 21.4. The second-order valence-electron chi connectivity index (χ2n) is 7.68. The van der Waals surface area contributed by atoms with Gasteiger partial charge in [-0.15, -0.1) is 0 Å². The number of amides is 1. The summed E-state index contributed by atoms with van der Waals surface area (Å²) in [5.74, 6) is -0.348. The Morgan fingerprint density at radius 1 is 1.14 bits per heavy atom. The van der Waals surface area contributed by atoms with E-state index in [1.165, 1.54) is 6.42 Å². The van der Waals surface area contributed by atoms with Gasteiger partial charge in [-0.2, -0.15) is 0 Å². The van der Waals surface area contributed by atoms with Gasteiger partial charge in [-0.05, 0) is 69.0 Å². The quantitative estimate of drug-likeness (QED) is 0.638. The number of ether oxygens (including phenoxy) is 1. The fourth-order valence-electron chi connectivity index (χ4n) is 4.12. The summed E-state index contributed by atoms with van der Waals surface area (Å²) in [6.07, 6.45) is 5.50. The lowest BCUT2D eigenvalue weighted by atomic mass is 9.93. The Morgan fingerprint density at radius 3 is 2.41 bits per heavy atom. The van der Waals surface area contributed by atoms with E-state index in [1.54, 1.807) is 31.2 Å². The summed E-state index contributed by atoms with van der Waals surface area (Å²) in [4.78, 5) is 30.8. The van der Waals surface area contributed by atoms with Crippen molar-refractivity contribution >= 4 is 23.5 Å². The summed E-state index contributed by atoms with van der Waals surface area (Å²) in [7, 11) is 0. The van der Waals surface area contributed by atoms with Crippen LogP contribution in [0.15, 0.2) is 24.3 Å². The maximum atomic E-state index is 13.4. The third kappa shape index (κ3) is 4.84. The van der Waals surface area contributed by atoms with Gasteiger partial charge in [-0.1, -0.05) is 30.9 Å². The number of aryl methyl sites for hydroxylation is 1. The molecule has 5 nitrogen and oxygen atoms in total. The molecule has 1 amide bonds. The Kier molecular flexibility index (Phi) is 7.01. The summed E-state index contributed by atoms with van der Waals surface area (Å²) >= 11 is 6.00. The molecule has 2 aromatic rings. The first-order valence-corrected chi connectivity index (χ1v) is 10.7. The van der Waals surface area contributed by atoms with Gasteiger partial charge in [0.1, 0.15) is 5.69 Å². The predicted octanol–water partition coefficient (Wildman–Crippen LogP) is 5.44. The molecule has 0 atom stereocenters. The molecular formula is C23H29ClN2O3. The van der Waals surface area contributed by atoms with Crippen molar-refractivity contribution in [1.29, 1.82) is 0 Å². The molecular weight excluding hydrogens is 388 g/mol. The number of benzene rings is 1. The molecule has 1 aliphatic rings. The maximum Gasteiger partial charge on any atom is 0.355 e. The highest BCUT2D eigenvalue weighted by Gasteiger charge is 2.29. The molecule has 0 saturated heterocycles. The number of aromatic amines is 1. The smallest absolute Gasteiger partial charge is 0.355 e. The third-order valence-electron chi connectivity index (χ3n) is 5.77. The Labute approximate surface area is 177 Å².